The summed E-state index contributed by atoms with van der Waals surface area (Å²) in [4.78, 5) is 55.0. The van der Waals surface area contributed by atoms with Gasteiger partial charge in [-0.1, -0.05) is 30.3 Å². The van der Waals surface area contributed by atoms with Crippen molar-refractivity contribution in [2.75, 3.05) is 6.54 Å². The third-order valence-corrected chi connectivity index (χ3v) is 7.13. The molecule has 0 bridgehead atoms. The van der Waals surface area contributed by atoms with Crippen LogP contribution in [0.3, 0.4) is 0 Å². The van der Waals surface area contributed by atoms with Crippen LogP contribution in [0.4, 0.5) is 0 Å². The predicted molar refractivity (Wildman–Crippen MR) is 160 cm³/mol. The first-order chi connectivity index (χ1) is 20.5. The first kappa shape index (κ1) is 33.0. The molecule has 0 saturated heterocycles. The first-order valence-corrected chi connectivity index (χ1v) is 14.1. The Morgan fingerprint density at radius 3 is 2.09 bits per heavy atom. The molecule has 232 valence electrons. The van der Waals surface area contributed by atoms with E-state index in [0.29, 0.717) is 30.5 Å². The summed E-state index contributed by atoms with van der Waals surface area (Å²) in [5.41, 5.74) is 13.5. The van der Waals surface area contributed by atoms with Crippen LogP contribution in [0, 0.1) is 0 Å². The number of aromatic hydroxyl groups is 1. The third-order valence-electron chi connectivity index (χ3n) is 7.13. The molecule has 0 spiro atoms. The number of hydrogen-bond donors (Lipinski definition) is 9. The van der Waals surface area contributed by atoms with E-state index < -0.39 is 54.0 Å². The number of aliphatic carboxylic acids is 1. The van der Waals surface area contributed by atoms with Gasteiger partial charge in [-0.25, -0.2) is 4.79 Å². The molecule has 11 N–H and O–H groups in total. The molecule has 0 saturated carbocycles. The van der Waals surface area contributed by atoms with Gasteiger partial charge in [-0.15, -0.1) is 0 Å². The van der Waals surface area contributed by atoms with Crippen LogP contribution in [0.1, 0.15) is 37.3 Å². The van der Waals surface area contributed by atoms with Crippen molar-refractivity contribution in [3.63, 3.8) is 0 Å². The Hall–Kier alpha value is -4.46. The Kier molecular flexibility index (Phi) is 12.0. The number of nitrogens with one attached hydrogen (secondary N) is 4. The van der Waals surface area contributed by atoms with Crippen molar-refractivity contribution in [1.29, 1.82) is 0 Å². The molecule has 1 heterocycles. The number of aromatic amines is 1. The molecule has 0 aliphatic carbocycles. The van der Waals surface area contributed by atoms with Gasteiger partial charge < -0.3 is 47.7 Å². The lowest BCUT2D eigenvalue weighted by Gasteiger charge is -2.26. The van der Waals surface area contributed by atoms with Gasteiger partial charge in [0.2, 0.25) is 17.7 Å². The summed E-state index contributed by atoms with van der Waals surface area (Å²) in [5, 5.41) is 37.8. The van der Waals surface area contributed by atoms with Crippen molar-refractivity contribution >= 4 is 34.6 Å². The number of carbonyl (C=O) groups is 4. The molecule has 13 nitrogen and oxygen atoms in total. The maximum absolute atomic E-state index is 13.7. The quantitative estimate of drug-likeness (QED) is 0.101. The van der Waals surface area contributed by atoms with Gasteiger partial charge in [-0.2, -0.15) is 0 Å². The summed E-state index contributed by atoms with van der Waals surface area (Å²) >= 11 is 0. The minimum absolute atomic E-state index is 0.00980. The van der Waals surface area contributed by atoms with E-state index in [1.165, 1.54) is 19.1 Å². The van der Waals surface area contributed by atoms with Gasteiger partial charge in [0.25, 0.3) is 0 Å². The number of carboxylic acid groups (broad SMARTS) is 1. The molecular weight excluding hydrogens is 556 g/mol. The van der Waals surface area contributed by atoms with Crippen LogP contribution >= 0.6 is 0 Å². The number of aliphatic hydroxyl groups excluding tert-OH is 1. The van der Waals surface area contributed by atoms with Crippen molar-refractivity contribution < 1.29 is 34.5 Å². The molecule has 5 atom stereocenters. The maximum Gasteiger partial charge on any atom is 0.326 e. The summed E-state index contributed by atoms with van der Waals surface area (Å²) in [6.45, 7) is 1.73. The van der Waals surface area contributed by atoms with Crippen molar-refractivity contribution in [2.45, 2.75) is 69.3 Å². The van der Waals surface area contributed by atoms with E-state index in [4.69, 9.17) is 11.5 Å². The van der Waals surface area contributed by atoms with E-state index in [1.54, 1.807) is 18.3 Å². The zero-order chi connectivity index (χ0) is 31.5. The van der Waals surface area contributed by atoms with Crippen molar-refractivity contribution in [3.8, 4) is 5.75 Å². The lowest BCUT2D eigenvalue weighted by molar-refractivity contribution is -0.142. The Morgan fingerprint density at radius 2 is 1.47 bits per heavy atom. The average Bonchev–Trinajstić information content (AvgIpc) is 3.39. The molecule has 43 heavy (non-hydrogen) atoms. The van der Waals surface area contributed by atoms with Gasteiger partial charge in [-0.05, 0) is 62.1 Å². The number of nitrogens with two attached hydrogens (primary N) is 2. The highest BCUT2D eigenvalue weighted by Gasteiger charge is 2.31. The van der Waals surface area contributed by atoms with Gasteiger partial charge in [0.15, 0.2) is 0 Å². The number of phenolic OH excluding ortho intramolecular Hbond substituents is 1. The number of para-hydroxylation sites is 1. The predicted octanol–water partition coefficient (Wildman–Crippen LogP) is 0.0348. The van der Waals surface area contributed by atoms with E-state index in [-0.39, 0.29) is 25.0 Å². The summed E-state index contributed by atoms with van der Waals surface area (Å²) in [6.07, 6.45) is 1.73. The third kappa shape index (κ3) is 9.53. The Balaban J connectivity index is 1.89. The molecule has 2 aromatic carbocycles. The highest BCUT2D eigenvalue weighted by atomic mass is 16.4. The number of hydrogen-bond acceptors (Lipinski definition) is 8. The van der Waals surface area contributed by atoms with E-state index >= 15 is 0 Å². The number of carbonyl (C=O) groups excluding carboxylic acids is 3. The number of aromatic nitrogens is 1. The fourth-order valence-corrected chi connectivity index (χ4v) is 4.59. The molecule has 3 amide bonds. The standard InChI is InChI=1S/C30H40N6O7/c1-17(37)26(32)29(41)36-25(15-19-16-33-22-7-3-2-6-21(19)22)28(40)35-24(14-18-9-11-20(38)12-10-18)27(39)34-23(30(42)43)8-4-5-13-31/h2-3,6-7,9-12,16-17,23-26,33,37-38H,4-5,8,13-15,31-32H2,1H3,(H,34,39)(H,35,40)(H,36,41)(H,42,43). The van der Waals surface area contributed by atoms with Gasteiger partial charge in [-0.3, -0.25) is 14.4 Å². The first-order valence-electron chi connectivity index (χ1n) is 14.1. The van der Waals surface area contributed by atoms with Crippen LogP contribution in [0.25, 0.3) is 10.9 Å². The fraction of sp³-hybridized carbons (Fsp3) is 0.400. The number of fused-ring (bicyclic) bond motifs is 1. The second kappa shape index (κ2) is 15.7. The van der Waals surface area contributed by atoms with Crippen LogP contribution in [-0.4, -0.2) is 80.8 Å². The smallest absolute Gasteiger partial charge is 0.326 e. The highest BCUT2D eigenvalue weighted by Crippen LogP contribution is 2.20. The van der Waals surface area contributed by atoms with Gasteiger partial charge in [0, 0.05) is 29.9 Å². The maximum atomic E-state index is 13.7. The number of H-pyrrole nitrogens is 1. The number of rotatable bonds is 16. The van der Waals surface area contributed by atoms with Gasteiger partial charge in [0.05, 0.1) is 6.10 Å². The zero-order valence-electron chi connectivity index (χ0n) is 24.0. The lowest BCUT2D eigenvalue weighted by atomic mass is 10.0. The molecule has 0 aliphatic heterocycles. The number of aliphatic hydroxyl groups is 1. The highest BCUT2D eigenvalue weighted by molar-refractivity contribution is 5.95. The van der Waals surface area contributed by atoms with Crippen LogP contribution in [0.2, 0.25) is 0 Å². The summed E-state index contributed by atoms with van der Waals surface area (Å²) < 4.78 is 0. The van der Waals surface area contributed by atoms with Crippen LogP contribution in [0.15, 0.2) is 54.7 Å². The fourth-order valence-electron chi connectivity index (χ4n) is 4.59. The Labute approximate surface area is 249 Å². The average molecular weight is 597 g/mol. The number of amides is 3. The summed E-state index contributed by atoms with van der Waals surface area (Å²) in [5.74, 6) is -3.43. The van der Waals surface area contributed by atoms with Gasteiger partial charge >= 0.3 is 5.97 Å². The second-order valence-corrected chi connectivity index (χ2v) is 10.5. The van der Waals surface area contributed by atoms with Crippen LogP contribution in [0.5, 0.6) is 5.75 Å². The molecular formula is C30H40N6O7. The van der Waals surface area contributed by atoms with Gasteiger partial charge in [0.1, 0.15) is 29.9 Å². The van der Waals surface area contributed by atoms with Crippen molar-refractivity contribution in [3.05, 3.63) is 65.9 Å². The normalized spacial score (nSPS) is 14.7. The van der Waals surface area contributed by atoms with E-state index in [0.717, 1.165) is 10.9 Å². The molecule has 5 unspecified atom stereocenters. The molecule has 1 aromatic heterocycles. The monoisotopic (exact) mass is 596 g/mol. The minimum Gasteiger partial charge on any atom is -0.508 e. The topological polar surface area (TPSA) is 233 Å². The van der Waals surface area contributed by atoms with Crippen molar-refractivity contribution in [1.82, 2.24) is 20.9 Å². The van der Waals surface area contributed by atoms with E-state index in [2.05, 4.69) is 20.9 Å². The molecule has 0 fully saturated rings. The summed E-state index contributed by atoms with van der Waals surface area (Å²) in [7, 11) is 0. The van der Waals surface area contributed by atoms with E-state index in [1.807, 2.05) is 24.3 Å². The Bertz CT molecular complexity index is 1390. The number of carboxylic acids is 1. The second-order valence-electron chi connectivity index (χ2n) is 10.5. The molecule has 13 heteroatoms. The largest absolute Gasteiger partial charge is 0.508 e. The SMILES string of the molecule is CC(O)C(N)C(=O)NC(Cc1c[nH]c2ccccc12)C(=O)NC(Cc1ccc(O)cc1)C(=O)NC(CCCCN)C(=O)O. The minimum atomic E-state index is -1.31. The van der Waals surface area contributed by atoms with Crippen LogP contribution in [-0.2, 0) is 32.0 Å². The lowest BCUT2D eigenvalue weighted by Crippen LogP contribution is -2.59. The summed E-state index contributed by atoms with van der Waals surface area (Å²) in [6, 6.07) is 8.46. The number of unbranched alkanes of at least 4 members (excludes halogenated alkanes) is 1. The number of phenols is 1. The molecule has 0 radical (unpaired) electrons. The number of benzene rings is 2. The zero-order valence-corrected chi connectivity index (χ0v) is 24.0. The molecule has 0 aliphatic rings. The Morgan fingerprint density at radius 1 is 0.860 bits per heavy atom. The molecule has 3 aromatic rings. The van der Waals surface area contributed by atoms with Crippen LogP contribution < -0.4 is 27.4 Å². The molecule has 3 rings (SSSR count). The van der Waals surface area contributed by atoms with E-state index in [9.17, 15) is 34.5 Å². The van der Waals surface area contributed by atoms with Crippen molar-refractivity contribution in [2.24, 2.45) is 11.5 Å².